The summed E-state index contributed by atoms with van der Waals surface area (Å²) in [5.41, 5.74) is 5.04. The van der Waals surface area contributed by atoms with Crippen LogP contribution >= 0.6 is 11.3 Å². The molecule has 2 aromatic heterocycles. The van der Waals surface area contributed by atoms with Crippen molar-refractivity contribution >= 4 is 31.5 Å². The SMILES string of the molecule is c1ccc(-c2ccccc2-c2ccc3sc4cnccc4c3c2)cc1. The zero-order valence-corrected chi connectivity index (χ0v) is 14.3. The van der Waals surface area contributed by atoms with Crippen molar-refractivity contribution in [3.05, 3.63) is 91.3 Å². The van der Waals surface area contributed by atoms with E-state index in [1.165, 1.54) is 42.4 Å². The third-order valence-electron chi connectivity index (χ3n) is 4.60. The average molecular weight is 337 g/mol. The van der Waals surface area contributed by atoms with Crippen molar-refractivity contribution in [1.82, 2.24) is 4.98 Å². The van der Waals surface area contributed by atoms with Gasteiger partial charge in [-0.15, -0.1) is 11.3 Å². The normalized spacial score (nSPS) is 11.2. The lowest BCUT2D eigenvalue weighted by Gasteiger charge is -2.10. The molecule has 0 saturated carbocycles. The minimum absolute atomic E-state index is 1.24. The molecule has 2 heteroatoms. The Morgan fingerprint density at radius 2 is 1.36 bits per heavy atom. The first-order valence-corrected chi connectivity index (χ1v) is 9.13. The van der Waals surface area contributed by atoms with E-state index in [1.54, 1.807) is 11.3 Å². The Balaban J connectivity index is 1.75. The summed E-state index contributed by atoms with van der Waals surface area (Å²) in [6.07, 6.45) is 3.83. The number of pyridine rings is 1. The Hall–Kier alpha value is -2.97. The lowest BCUT2D eigenvalue weighted by Crippen LogP contribution is -1.84. The van der Waals surface area contributed by atoms with Gasteiger partial charge in [-0.3, -0.25) is 4.98 Å². The second-order valence-corrected chi connectivity index (χ2v) is 7.18. The zero-order valence-electron chi connectivity index (χ0n) is 13.5. The van der Waals surface area contributed by atoms with E-state index in [1.807, 2.05) is 12.4 Å². The molecule has 118 valence electrons. The Labute approximate surface area is 150 Å². The molecule has 0 aliphatic carbocycles. The molecule has 1 nitrogen and oxygen atoms in total. The molecule has 0 N–H and O–H groups in total. The number of nitrogens with zero attached hydrogens (tertiary/aromatic N) is 1. The fourth-order valence-corrected chi connectivity index (χ4v) is 4.46. The van der Waals surface area contributed by atoms with Crippen LogP contribution in [0.2, 0.25) is 0 Å². The summed E-state index contributed by atoms with van der Waals surface area (Å²) in [5.74, 6) is 0. The summed E-state index contributed by atoms with van der Waals surface area (Å²) in [4.78, 5) is 4.25. The van der Waals surface area contributed by atoms with Crippen LogP contribution in [0.15, 0.2) is 91.3 Å². The minimum Gasteiger partial charge on any atom is -0.263 e. The van der Waals surface area contributed by atoms with E-state index in [2.05, 4.69) is 83.8 Å². The van der Waals surface area contributed by atoms with E-state index in [-0.39, 0.29) is 0 Å². The molecule has 3 aromatic carbocycles. The molecule has 0 radical (unpaired) electrons. The first kappa shape index (κ1) is 14.4. The van der Waals surface area contributed by atoms with Gasteiger partial charge in [0.15, 0.2) is 0 Å². The summed E-state index contributed by atoms with van der Waals surface area (Å²) in [7, 11) is 0. The number of fused-ring (bicyclic) bond motifs is 3. The molecule has 0 spiro atoms. The van der Waals surface area contributed by atoms with Gasteiger partial charge in [0, 0.05) is 27.9 Å². The Morgan fingerprint density at radius 3 is 2.20 bits per heavy atom. The topological polar surface area (TPSA) is 12.9 Å². The van der Waals surface area contributed by atoms with Gasteiger partial charge >= 0.3 is 0 Å². The molecule has 2 heterocycles. The zero-order chi connectivity index (χ0) is 16.6. The number of rotatable bonds is 2. The van der Waals surface area contributed by atoms with E-state index < -0.39 is 0 Å². The molecule has 0 amide bonds. The van der Waals surface area contributed by atoms with Gasteiger partial charge in [0.1, 0.15) is 0 Å². The molecular formula is C23H15NS. The lowest BCUT2D eigenvalue weighted by atomic mass is 9.94. The van der Waals surface area contributed by atoms with Gasteiger partial charge in [0.25, 0.3) is 0 Å². The maximum Gasteiger partial charge on any atom is 0.0538 e. The van der Waals surface area contributed by atoms with Crippen molar-refractivity contribution in [3.63, 3.8) is 0 Å². The second-order valence-electron chi connectivity index (χ2n) is 6.10. The van der Waals surface area contributed by atoms with Gasteiger partial charge in [-0.1, -0.05) is 60.7 Å². The molecule has 0 fully saturated rings. The minimum atomic E-state index is 1.24. The quantitative estimate of drug-likeness (QED) is 0.346. The third kappa shape index (κ3) is 2.43. The molecule has 0 saturated heterocycles. The Kier molecular flexibility index (Phi) is 3.36. The van der Waals surface area contributed by atoms with Crippen molar-refractivity contribution in [2.45, 2.75) is 0 Å². The number of aromatic nitrogens is 1. The Morgan fingerprint density at radius 1 is 0.600 bits per heavy atom. The molecule has 0 bridgehead atoms. The van der Waals surface area contributed by atoms with E-state index >= 15 is 0 Å². The van der Waals surface area contributed by atoms with E-state index in [4.69, 9.17) is 0 Å². The van der Waals surface area contributed by atoms with Crippen LogP contribution in [0.4, 0.5) is 0 Å². The van der Waals surface area contributed by atoms with Crippen molar-refractivity contribution in [2.24, 2.45) is 0 Å². The van der Waals surface area contributed by atoms with Crippen LogP contribution in [-0.2, 0) is 0 Å². The standard InChI is InChI=1S/C23H15NS/c1-2-6-16(7-3-1)18-8-4-5-9-19(18)17-10-11-22-21(14-17)20-12-13-24-15-23(20)25-22/h1-15H. The van der Waals surface area contributed by atoms with Gasteiger partial charge < -0.3 is 0 Å². The highest BCUT2D eigenvalue weighted by Gasteiger charge is 2.10. The third-order valence-corrected chi connectivity index (χ3v) is 5.72. The van der Waals surface area contributed by atoms with Crippen molar-refractivity contribution in [2.75, 3.05) is 0 Å². The molecule has 5 aromatic rings. The highest BCUT2D eigenvalue weighted by atomic mass is 32.1. The number of benzene rings is 3. The Bertz CT molecular complexity index is 1190. The monoisotopic (exact) mass is 337 g/mol. The van der Waals surface area contributed by atoms with Crippen molar-refractivity contribution < 1.29 is 0 Å². The summed E-state index contributed by atoms with van der Waals surface area (Å²) in [6.45, 7) is 0. The molecule has 5 rings (SSSR count). The smallest absolute Gasteiger partial charge is 0.0538 e. The van der Waals surface area contributed by atoms with E-state index in [0.717, 1.165) is 0 Å². The highest BCUT2D eigenvalue weighted by molar-refractivity contribution is 7.25. The summed E-state index contributed by atoms with van der Waals surface area (Å²) < 4.78 is 2.55. The highest BCUT2D eigenvalue weighted by Crippen LogP contribution is 2.38. The lowest BCUT2D eigenvalue weighted by molar-refractivity contribution is 1.37. The summed E-state index contributed by atoms with van der Waals surface area (Å²) >= 11 is 1.80. The molecular weight excluding hydrogens is 322 g/mol. The van der Waals surface area contributed by atoms with Crippen LogP contribution in [0.3, 0.4) is 0 Å². The molecule has 0 unspecified atom stereocenters. The maximum atomic E-state index is 4.25. The molecule has 0 aliphatic heterocycles. The fourth-order valence-electron chi connectivity index (χ4n) is 3.40. The van der Waals surface area contributed by atoms with Crippen molar-refractivity contribution in [3.8, 4) is 22.3 Å². The van der Waals surface area contributed by atoms with E-state index in [9.17, 15) is 0 Å². The predicted molar refractivity (Wildman–Crippen MR) is 108 cm³/mol. The van der Waals surface area contributed by atoms with Gasteiger partial charge in [-0.25, -0.2) is 0 Å². The fraction of sp³-hybridized carbons (Fsp3) is 0. The van der Waals surface area contributed by atoms with Gasteiger partial charge in [0.05, 0.1) is 4.70 Å². The summed E-state index contributed by atoms with van der Waals surface area (Å²) in [6, 6.07) is 28.1. The van der Waals surface area contributed by atoms with Gasteiger partial charge in [-0.05, 0) is 40.5 Å². The molecule has 0 atom stereocenters. The van der Waals surface area contributed by atoms with Gasteiger partial charge in [-0.2, -0.15) is 0 Å². The molecule has 0 aliphatic rings. The largest absolute Gasteiger partial charge is 0.263 e. The predicted octanol–water partition coefficient (Wildman–Crippen LogP) is 6.78. The first-order valence-electron chi connectivity index (χ1n) is 8.31. The second kappa shape index (κ2) is 5.83. The van der Waals surface area contributed by atoms with Gasteiger partial charge in [0.2, 0.25) is 0 Å². The number of hydrogen-bond acceptors (Lipinski definition) is 2. The van der Waals surface area contributed by atoms with Crippen LogP contribution < -0.4 is 0 Å². The summed E-state index contributed by atoms with van der Waals surface area (Å²) in [5, 5.41) is 2.59. The number of hydrogen-bond donors (Lipinski definition) is 0. The first-order chi connectivity index (χ1) is 12.4. The van der Waals surface area contributed by atoms with Crippen LogP contribution in [-0.4, -0.2) is 4.98 Å². The number of thiophene rings is 1. The van der Waals surface area contributed by atoms with E-state index in [0.29, 0.717) is 0 Å². The van der Waals surface area contributed by atoms with Crippen LogP contribution in [0, 0.1) is 0 Å². The average Bonchev–Trinajstić information content (AvgIpc) is 3.06. The molecule has 25 heavy (non-hydrogen) atoms. The van der Waals surface area contributed by atoms with Crippen LogP contribution in [0.1, 0.15) is 0 Å². The van der Waals surface area contributed by atoms with Crippen LogP contribution in [0.5, 0.6) is 0 Å². The maximum absolute atomic E-state index is 4.25. The van der Waals surface area contributed by atoms with Crippen molar-refractivity contribution in [1.29, 1.82) is 0 Å². The van der Waals surface area contributed by atoms with Crippen LogP contribution in [0.25, 0.3) is 42.4 Å².